The van der Waals surface area contributed by atoms with Gasteiger partial charge in [-0.1, -0.05) is 25.4 Å². The van der Waals surface area contributed by atoms with Gasteiger partial charge in [-0.05, 0) is 43.2 Å². The number of nitrogens with two attached hydrogens (primary N) is 1. The lowest BCUT2D eigenvalue weighted by Crippen LogP contribution is -2.57. The molecular formula is C15H25ClN2OS. The molecule has 2 rings (SSSR count). The molecule has 1 aliphatic carbocycles. The third-order valence-electron chi connectivity index (χ3n) is 4.73. The van der Waals surface area contributed by atoms with Crippen LogP contribution in [0.15, 0.2) is 12.1 Å². The van der Waals surface area contributed by atoms with Gasteiger partial charge in [-0.2, -0.15) is 0 Å². The highest BCUT2D eigenvalue weighted by Crippen LogP contribution is 2.44. The minimum Gasteiger partial charge on any atom is -0.377 e. The van der Waals surface area contributed by atoms with Gasteiger partial charge in [0, 0.05) is 18.4 Å². The fraction of sp³-hybridized carbons (Fsp3) is 0.733. The van der Waals surface area contributed by atoms with Crippen molar-refractivity contribution in [1.82, 2.24) is 5.43 Å². The molecule has 0 saturated heterocycles. The van der Waals surface area contributed by atoms with Crippen LogP contribution in [0.2, 0.25) is 4.34 Å². The number of hydrogen-bond acceptors (Lipinski definition) is 4. The summed E-state index contributed by atoms with van der Waals surface area (Å²) >= 11 is 7.63. The summed E-state index contributed by atoms with van der Waals surface area (Å²) in [6.45, 7) is 4.66. The Bertz CT molecular complexity index is 437. The summed E-state index contributed by atoms with van der Waals surface area (Å²) in [4.78, 5) is 1.25. The van der Waals surface area contributed by atoms with E-state index in [0.29, 0.717) is 5.41 Å². The van der Waals surface area contributed by atoms with Crippen molar-refractivity contribution < 1.29 is 4.74 Å². The predicted molar refractivity (Wildman–Crippen MR) is 86.1 cm³/mol. The quantitative estimate of drug-likeness (QED) is 0.642. The number of nitrogens with one attached hydrogen (secondary N) is 1. The Hall–Kier alpha value is -0.130. The molecular weight excluding hydrogens is 292 g/mol. The first-order valence-corrected chi connectivity index (χ1v) is 8.36. The monoisotopic (exact) mass is 316 g/mol. The van der Waals surface area contributed by atoms with Crippen molar-refractivity contribution in [3.05, 3.63) is 21.3 Å². The van der Waals surface area contributed by atoms with Crippen LogP contribution in [0, 0.1) is 5.41 Å². The van der Waals surface area contributed by atoms with E-state index in [0.717, 1.165) is 23.6 Å². The molecule has 3 nitrogen and oxygen atoms in total. The molecule has 20 heavy (non-hydrogen) atoms. The molecule has 1 aliphatic rings. The largest absolute Gasteiger partial charge is 0.377 e. The first-order valence-electron chi connectivity index (χ1n) is 7.16. The van der Waals surface area contributed by atoms with Gasteiger partial charge in [0.2, 0.25) is 0 Å². The van der Waals surface area contributed by atoms with Crippen LogP contribution in [0.25, 0.3) is 0 Å². The van der Waals surface area contributed by atoms with E-state index in [1.807, 2.05) is 13.2 Å². The van der Waals surface area contributed by atoms with Gasteiger partial charge >= 0.3 is 0 Å². The first-order chi connectivity index (χ1) is 9.41. The van der Waals surface area contributed by atoms with Gasteiger partial charge in [0.25, 0.3) is 0 Å². The number of rotatable bonds is 5. The molecule has 5 heteroatoms. The van der Waals surface area contributed by atoms with E-state index >= 15 is 0 Å². The van der Waals surface area contributed by atoms with E-state index in [1.165, 1.54) is 17.7 Å². The summed E-state index contributed by atoms with van der Waals surface area (Å²) in [5.74, 6) is 5.83. The number of thiophene rings is 1. The lowest BCUT2D eigenvalue weighted by molar-refractivity contribution is -0.0860. The maximum atomic E-state index is 6.01. The fourth-order valence-electron chi connectivity index (χ4n) is 3.10. The predicted octanol–water partition coefficient (Wildman–Crippen LogP) is 3.76. The van der Waals surface area contributed by atoms with Crippen molar-refractivity contribution >= 4 is 22.9 Å². The van der Waals surface area contributed by atoms with Gasteiger partial charge < -0.3 is 4.74 Å². The van der Waals surface area contributed by atoms with Crippen molar-refractivity contribution in [3.8, 4) is 0 Å². The van der Waals surface area contributed by atoms with E-state index in [-0.39, 0.29) is 11.6 Å². The van der Waals surface area contributed by atoms with E-state index in [1.54, 1.807) is 11.3 Å². The third-order valence-corrected chi connectivity index (χ3v) is 5.98. The van der Waals surface area contributed by atoms with E-state index in [2.05, 4.69) is 25.3 Å². The Balaban J connectivity index is 2.11. The third kappa shape index (κ3) is 3.55. The molecule has 1 aromatic heterocycles. The number of halogens is 1. The minimum atomic E-state index is -0.166. The zero-order chi connectivity index (χ0) is 14.8. The van der Waals surface area contributed by atoms with Crippen LogP contribution in [0.1, 0.15) is 44.4 Å². The average molecular weight is 317 g/mol. The molecule has 1 unspecified atom stereocenters. The van der Waals surface area contributed by atoms with Crippen LogP contribution in [0.3, 0.4) is 0 Å². The molecule has 1 aromatic rings. The zero-order valence-electron chi connectivity index (χ0n) is 12.5. The highest BCUT2D eigenvalue weighted by atomic mass is 35.5. The maximum Gasteiger partial charge on any atom is 0.0931 e. The van der Waals surface area contributed by atoms with Crippen LogP contribution in [-0.4, -0.2) is 18.8 Å². The number of ether oxygens (including phenoxy) is 1. The molecule has 1 fully saturated rings. The van der Waals surface area contributed by atoms with Crippen molar-refractivity contribution in [3.63, 3.8) is 0 Å². The van der Waals surface area contributed by atoms with Gasteiger partial charge in [-0.3, -0.25) is 11.3 Å². The zero-order valence-corrected chi connectivity index (χ0v) is 14.1. The van der Waals surface area contributed by atoms with Gasteiger partial charge in [-0.15, -0.1) is 11.3 Å². The molecule has 0 spiro atoms. The SMILES string of the molecule is COC1(C(Cc2ccc(Cl)s2)NN)CCC(C)(C)CC1. The Kier molecular flexibility index (Phi) is 5.14. The molecule has 0 aromatic carbocycles. The summed E-state index contributed by atoms with van der Waals surface area (Å²) in [6.07, 6.45) is 5.30. The fourth-order valence-corrected chi connectivity index (χ4v) is 4.24. The maximum absolute atomic E-state index is 6.01. The molecule has 0 amide bonds. The summed E-state index contributed by atoms with van der Waals surface area (Å²) in [6, 6.07) is 4.14. The summed E-state index contributed by atoms with van der Waals surface area (Å²) in [5, 5.41) is 0. The van der Waals surface area contributed by atoms with E-state index in [9.17, 15) is 0 Å². The lowest BCUT2D eigenvalue weighted by Gasteiger charge is -2.46. The topological polar surface area (TPSA) is 47.3 Å². The van der Waals surface area contributed by atoms with Crippen LogP contribution < -0.4 is 11.3 Å². The summed E-state index contributed by atoms with van der Waals surface area (Å²) in [7, 11) is 1.81. The Morgan fingerprint density at radius 1 is 1.35 bits per heavy atom. The van der Waals surface area contributed by atoms with E-state index < -0.39 is 0 Å². The van der Waals surface area contributed by atoms with Gasteiger partial charge in [-0.25, -0.2) is 0 Å². The molecule has 114 valence electrons. The standard InChI is InChI=1S/C15H25ClN2OS/c1-14(2)6-8-15(19-3,9-7-14)12(18-17)10-11-4-5-13(16)20-11/h4-5,12,18H,6-10,17H2,1-3H3. The number of methoxy groups -OCH3 is 1. The van der Waals surface area contributed by atoms with Crippen molar-refractivity contribution in [2.45, 2.75) is 57.6 Å². The van der Waals surface area contributed by atoms with Crippen molar-refractivity contribution in [2.75, 3.05) is 7.11 Å². The van der Waals surface area contributed by atoms with Crippen LogP contribution in [0.5, 0.6) is 0 Å². The molecule has 1 atom stereocenters. The van der Waals surface area contributed by atoms with E-state index in [4.69, 9.17) is 22.2 Å². The average Bonchev–Trinajstić information content (AvgIpc) is 2.83. The molecule has 0 bridgehead atoms. The second-order valence-corrected chi connectivity index (χ2v) is 8.36. The molecule has 3 N–H and O–H groups in total. The molecule has 0 radical (unpaired) electrons. The highest BCUT2D eigenvalue weighted by Gasteiger charge is 2.44. The lowest BCUT2D eigenvalue weighted by atomic mass is 9.68. The minimum absolute atomic E-state index is 0.123. The molecule has 1 heterocycles. The molecule has 1 saturated carbocycles. The van der Waals surface area contributed by atoms with Crippen molar-refractivity contribution in [1.29, 1.82) is 0 Å². The summed E-state index contributed by atoms with van der Waals surface area (Å²) in [5.41, 5.74) is 3.23. The Morgan fingerprint density at radius 3 is 2.45 bits per heavy atom. The van der Waals surface area contributed by atoms with Gasteiger partial charge in [0.15, 0.2) is 0 Å². The molecule has 0 aliphatic heterocycles. The smallest absolute Gasteiger partial charge is 0.0931 e. The van der Waals surface area contributed by atoms with Crippen LogP contribution >= 0.6 is 22.9 Å². The summed E-state index contributed by atoms with van der Waals surface area (Å²) < 4.78 is 6.76. The highest BCUT2D eigenvalue weighted by molar-refractivity contribution is 7.16. The van der Waals surface area contributed by atoms with Gasteiger partial charge in [0.1, 0.15) is 0 Å². The van der Waals surface area contributed by atoms with Crippen molar-refractivity contribution in [2.24, 2.45) is 11.3 Å². The normalized spacial score (nSPS) is 22.6. The van der Waals surface area contributed by atoms with Crippen LogP contribution in [-0.2, 0) is 11.2 Å². The first kappa shape index (κ1) is 16.2. The number of hydrogen-bond donors (Lipinski definition) is 2. The second-order valence-electron chi connectivity index (χ2n) is 6.56. The number of hydrazine groups is 1. The second kappa shape index (κ2) is 6.32. The Labute approximate surface area is 130 Å². The van der Waals surface area contributed by atoms with Gasteiger partial charge in [0.05, 0.1) is 16.0 Å². The van der Waals surface area contributed by atoms with Crippen LogP contribution in [0.4, 0.5) is 0 Å². The Morgan fingerprint density at radius 2 is 2.00 bits per heavy atom.